The molecule has 2 nitrogen and oxygen atoms in total. The summed E-state index contributed by atoms with van der Waals surface area (Å²) in [4.78, 5) is 0. The number of allylic oxidation sites excluding steroid dienone is 3. The zero-order valence-corrected chi connectivity index (χ0v) is 16.0. The minimum Gasteiger partial charge on any atom is -0.507 e. The first-order valence-corrected chi connectivity index (χ1v) is 10.2. The molecule has 0 aromatic heterocycles. The van der Waals surface area contributed by atoms with Crippen LogP contribution in [0.15, 0.2) is 35.9 Å². The Balaban J connectivity index is 2.26. The number of aromatic hydroxyl groups is 2. The lowest BCUT2D eigenvalue weighted by molar-refractivity contribution is 0.406. The van der Waals surface area contributed by atoms with Crippen molar-refractivity contribution in [2.45, 2.75) is 51.9 Å². The van der Waals surface area contributed by atoms with Crippen molar-refractivity contribution in [3.63, 3.8) is 0 Å². The first-order valence-electron chi connectivity index (χ1n) is 8.80. The molecule has 0 heterocycles. The summed E-state index contributed by atoms with van der Waals surface area (Å²) >= 11 is 1.85. The molecule has 0 saturated carbocycles. The molecule has 1 aliphatic rings. The topological polar surface area (TPSA) is 40.5 Å². The zero-order chi connectivity index (χ0) is 17.7. The maximum absolute atomic E-state index is 10.6. The molecular formula is C21H30O2S. The van der Waals surface area contributed by atoms with Crippen molar-refractivity contribution in [3.05, 3.63) is 47.1 Å². The average Bonchev–Trinajstić information content (AvgIpc) is 2.51. The molecule has 24 heavy (non-hydrogen) atoms. The van der Waals surface area contributed by atoms with Crippen molar-refractivity contribution in [2.24, 2.45) is 5.92 Å². The number of thioether (sulfide) groups is 1. The van der Waals surface area contributed by atoms with Crippen molar-refractivity contribution in [2.75, 3.05) is 12.0 Å². The minimum absolute atomic E-state index is 0.0155. The average molecular weight is 347 g/mol. The maximum Gasteiger partial charge on any atom is 0.123 e. The van der Waals surface area contributed by atoms with Crippen LogP contribution in [0.5, 0.6) is 11.5 Å². The SMILES string of the molecule is C=C(C)[C@@H]1CCC(C)=C[C@H]1c1c(O)cc(CCCCSC)cc1O. The lowest BCUT2D eigenvalue weighted by Crippen LogP contribution is -2.17. The van der Waals surface area contributed by atoms with E-state index in [1.807, 2.05) is 30.8 Å². The first-order chi connectivity index (χ1) is 11.4. The van der Waals surface area contributed by atoms with Crippen LogP contribution >= 0.6 is 11.8 Å². The van der Waals surface area contributed by atoms with E-state index in [1.165, 1.54) is 5.57 Å². The van der Waals surface area contributed by atoms with Gasteiger partial charge in [-0.1, -0.05) is 23.8 Å². The molecule has 3 heteroatoms. The lowest BCUT2D eigenvalue weighted by Gasteiger charge is -2.31. The maximum atomic E-state index is 10.6. The molecule has 1 aromatic carbocycles. The highest BCUT2D eigenvalue weighted by Crippen LogP contribution is 2.46. The third kappa shape index (κ3) is 4.60. The molecule has 2 N–H and O–H groups in total. The quantitative estimate of drug-likeness (QED) is 0.484. The van der Waals surface area contributed by atoms with Crippen LogP contribution in [0.2, 0.25) is 0 Å². The number of hydrogen-bond acceptors (Lipinski definition) is 3. The third-order valence-electron chi connectivity index (χ3n) is 4.97. The van der Waals surface area contributed by atoms with E-state index in [0.29, 0.717) is 5.56 Å². The van der Waals surface area contributed by atoms with E-state index in [-0.39, 0.29) is 23.3 Å². The molecule has 0 fully saturated rings. The first kappa shape index (κ1) is 19.0. The van der Waals surface area contributed by atoms with E-state index in [0.717, 1.165) is 49.0 Å². The van der Waals surface area contributed by atoms with Gasteiger partial charge in [-0.15, -0.1) is 0 Å². The van der Waals surface area contributed by atoms with Crippen LogP contribution in [-0.4, -0.2) is 22.2 Å². The van der Waals surface area contributed by atoms with E-state index in [9.17, 15) is 10.2 Å². The summed E-state index contributed by atoms with van der Waals surface area (Å²) < 4.78 is 0. The second-order valence-electron chi connectivity index (χ2n) is 7.03. The highest BCUT2D eigenvalue weighted by molar-refractivity contribution is 7.98. The van der Waals surface area contributed by atoms with Gasteiger partial charge in [0.05, 0.1) is 0 Å². The van der Waals surface area contributed by atoms with E-state index >= 15 is 0 Å². The van der Waals surface area contributed by atoms with Gasteiger partial charge in [0.2, 0.25) is 0 Å². The van der Waals surface area contributed by atoms with Crippen molar-refractivity contribution in [3.8, 4) is 11.5 Å². The minimum atomic E-state index is 0.0155. The van der Waals surface area contributed by atoms with Gasteiger partial charge in [0.25, 0.3) is 0 Å². The van der Waals surface area contributed by atoms with Crippen molar-refractivity contribution in [1.82, 2.24) is 0 Å². The molecule has 0 spiro atoms. The summed E-state index contributed by atoms with van der Waals surface area (Å²) in [6.07, 6.45) is 9.52. The Hall–Kier alpha value is -1.35. The standard InChI is InChI=1S/C21H30O2S/c1-14(2)17-9-8-15(3)11-18(17)21-19(22)12-16(13-20(21)23)7-5-6-10-24-4/h11-13,17-18,22-23H,1,5-10H2,2-4H3/t17-,18+/m0/s1. The molecule has 0 radical (unpaired) electrons. The molecule has 0 bridgehead atoms. The monoisotopic (exact) mass is 346 g/mol. The molecule has 0 aliphatic heterocycles. The van der Waals surface area contributed by atoms with E-state index < -0.39 is 0 Å². The Morgan fingerprint density at radius 2 is 1.92 bits per heavy atom. The Labute approximate surface area is 150 Å². The molecule has 2 rings (SSSR count). The summed E-state index contributed by atoms with van der Waals surface area (Å²) in [5.41, 5.74) is 4.11. The summed E-state index contributed by atoms with van der Waals surface area (Å²) in [6.45, 7) is 8.28. The lowest BCUT2D eigenvalue weighted by atomic mass is 9.73. The highest BCUT2D eigenvalue weighted by Gasteiger charge is 2.30. The summed E-state index contributed by atoms with van der Waals surface area (Å²) in [5.74, 6) is 1.89. The largest absolute Gasteiger partial charge is 0.507 e. The van der Waals surface area contributed by atoms with Crippen LogP contribution in [0.1, 0.15) is 56.6 Å². The fourth-order valence-corrected chi connectivity index (χ4v) is 4.14. The number of phenolic OH excluding ortho intramolecular Hbond substituents is 2. The summed E-state index contributed by atoms with van der Waals surface area (Å²) in [5, 5.41) is 21.2. The molecule has 1 aliphatic carbocycles. The number of phenols is 2. The van der Waals surface area contributed by atoms with Crippen LogP contribution in [0, 0.1) is 5.92 Å². The van der Waals surface area contributed by atoms with Gasteiger partial charge >= 0.3 is 0 Å². The second-order valence-corrected chi connectivity index (χ2v) is 8.01. The van der Waals surface area contributed by atoms with E-state index in [1.54, 1.807) is 0 Å². The van der Waals surface area contributed by atoms with Gasteiger partial charge in [-0.3, -0.25) is 0 Å². The molecule has 2 atom stereocenters. The predicted molar refractivity (Wildman–Crippen MR) is 105 cm³/mol. The van der Waals surface area contributed by atoms with Crippen LogP contribution in [0.4, 0.5) is 0 Å². The normalized spacial score (nSPS) is 20.7. The Kier molecular flexibility index (Phi) is 6.85. The smallest absolute Gasteiger partial charge is 0.123 e. The van der Waals surface area contributed by atoms with Crippen LogP contribution in [0.3, 0.4) is 0 Å². The van der Waals surface area contributed by atoms with Crippen LogP contribution in [0.25, 0.3) is 0 Å². The Morgan fingerprint density at radius 1 is 1.25 bits per heavy atom. The zero-order valence-electron chi connectivity index (χ0n) is 15.1. The van der Waals surface area contributed by atoms with Gasteiger partial charge in [-0.05, 0) is 81.6 Å². The van der Waals surface area contributed by atoms with Gasteiger partial charge in [-0.2, -0.15) is 11.8 Å². The number of benzene rings is 1. The summed E-state index contributed by atoms with van der Waals surface area (Å²) in [6, 6.07) is 3.67. The van der Waals surface area contributed by atoms with Gasteiger partial charge < -0.3 is 10.2 Å². The summed E-state index contributed by atoms with van der Waals surface area (Å²) in [7, 11) is 0. The number of rotatable bonds is 7. The Morgan fingerprint density at radius 3 is 2.50 bits per heavy atom. The molecular weight excluding hydrogens is 316 g/mol. The number of unbranched alkanes of at least 4 members (excludes halogenated alkanes) is 1. The molecule has 0 unspecified atom stereocenters. The molecule has 1 aromatic rings. The van der Waals surface area contributed by atoms with Crippen molar-refractivity contribution in [1.29, 1.82) is 0 Å². The van der Waals surface area contributed by atoms with Gasteiger partial charge in [0.1, 0.15) is 11.5 Å². The molecule has 132 valence electrons. The fourth-order valence-electron chi connectivity index (χ4n) is 3.65. The van der Waals surface area contributed by atoms with Crippen LogP contribution < -0.4 is 0 Å². The van der Waals surface area contributed by atoms with Gasteiger partial charge in [0.15, 0.2) is 0 Å². The van der Waals surface area contributed by atoms with E-state index in [4.69, 9.17) is 0 Å². The highest BCUT2D eigenvalue weighted by atomic mass is 32.2. The third-order valence-corrected chi connectivity index (χ3v) is 5.67. The van der Waals surface area contributed by atoms with Crippen molar-refractivity contribution >= 4 is 11.8 Å². The number of aryl methyl sites for hydroxylation is 1. The fraction of sp³-hybridized carbons (Fsp3) is 0.524. The molecule has 0 saturated heterocycles. The van der Waals surface area contributed by atoms with Gasteiger partial charge in [0, 0.05) is 11.5 Å². The van der Waals surface area contributed by atoms with Crippen molar-refractivity contribution < 1.29 is 10.2 Å². The predicted octanol–water partition coefficient (Wildman–Crippen LogP) is 5.80. The van der Waals surface area contributed by atoms with Gasteiger partial charge in [-0.25, -0.2) is 0 Å². The second kappa shape index (κ2) is 8.66. The number of hydrogen-bond donors (Lipinski definition) is 2. The molecule has 0 amide bonds. The Bertz CT molecular complexity index is 595. The van der Waals surface area contributed by atoms with Crippen LogP contribution in [-0.2, 0) is 6.42 Å². The van der Waals surface area contributed by atoms with E-state index in [2.05, 4.69) is 25.8 Å².